The second-order valence-electron chi connectivity index (χ2n) is 4.13. The fourth-order valence-electron chi connectivity index (χ4n) is 1.14. The highest BCUT2D eigenvalue weighted by atomic mass is 32.2. The van der Waals surface area contributed by atoms with Crippen molar-refractivity contribution in [2.45, 2.75) is 38.2 Å². The van der Waals surface area contributed by atoms with Gasteiger partial charge in [0, 0.05) is 11.1 Å². The number of aliphatic hydroxyl groups is 1. The van der Waals surface area contributed by atoms with Gasteiger partial charge in [-0.3, -0.25) is 4.98 Å². The van der Waals surface area contributed by atoms with Crippen LogP contribution in [0.4, 0.5) is 0 Å². The Hall–Kier alpha value is -0.540. The van der Waals surface area contributed by atoms with Crippen molar-refractivity contribution in [3.05, 3.63) is 24.0 Å². The SMILES string of the molecule is CC(C)CCSc1ccc([C@@H](C)O)nc1. The van der Waals surface area contributed by atoms with Crippen LogP contribution in [0.1, 0.15) is 39.0 Å². The zero-order chi connectivity index (χ0) is 11.3. The van der Waals surface area contributed by atoms with Crippen molar-refractivity contribution in [1.29, 1.82) is 0 Å². The molecule has 0 aliphatic heterocycles. The van der Waals surface area contributed by atoms with Crippen LogP contribution < -0.4 is 0 Å². The highest BCUT2D eigenvalue weighted by Crippen LogP contribution is 2.20. The van der Waals surface area contributed by atoms with Crippen LogP contribution in [0, 0.1) is 5.92 Å². The van der Waals surface area contributed by atoms with Crippen LogP contribution in [0.15, 0.2) is 23.2 Å². The van der Waals surface area contributed by atoms with Gasteiger partial charge in [0.15, 0.2) is 0 Å². The summed E-state index contributed by atoms with van der Waals surface area (Å²) in [6.07, 6.45) is 2.59. The minimum atomic E-state index is -0.472. The summed E-state index contributed by atoms with van der Waals surface area (Å²) in [7, 11) is 0. The van der Waals surface area contributed by atoms with E-state index in [2.05, 4.69) is 18.8 Å². The van der Waals surface area contributed by atoms with Crippen molar-refractivity contribution in [1.82, 2.24) is 4.98 Å². The molecule has 0 spiro atoms. The first-order chi connectivity index (χ1) is 7.09. The van der Waals surface area contributed by atoms with Crippen LogP contribution in [0.3, 0.4) is 0 Å². The van der Waals surface area contributed by atoms with Gasteiger partial charge >= 0.3 is 0 Å². The third kappa shape index (κ3) is 4.67. The summed E-state index contributed by atoms with van der Waals surface area (Å²) in [5.74, 6) is 1.88. The molecule has 1 rings (SSSR count). The molecule has 1 atom stereocenters. The van der Waals surface area contributed by atoms with Gasteiger partial charge in [-0.15, -0.1) is 11.8 Å². The molecule has 0 aliphatic carbocycles. The third-order valence-corrected chi connectivity index (χ3v) is 3.17. The molecule has 0 fully saturated rings. The number of aromatic nitrogens is 1. The zero-order valence-corrected chi connectivity index (χ0v) is 10.4. The van der Waals surface area contributed by atoms with E-state index in [1.807, 2.05) is 30.1 Å². The average Bonchev–Trinajstić information content (AvgIpc) is 2.18. The Morgan fingerprint density at radius 2 is 2.07 bits per heavy atom. The van der Waals surface area contributed by atoms with Gasteiger partial charge in [-0.05, 0) is 37.1 Å². The summed E-state index contributed by atoms with van der Waals surface area (Å²) in [5, 5.41) is 9.29. The summed E-state index contributed by atoms with van der Waals surface area (Å²) in [5.41, 5.74) is 0.739. The van der Waals surface area contributed by atoms with E-state index in [1.165, 1.54) is 11.3 Å². The van der Waals surface area contributed by atoms with Crippen LogP contribution in [-0.4, -0.2) is 15.8 Å². The molecule has 84 valence electrons. The molecule has 0 amide bonds. The summed E-state index contributed by atoms with van der Waals surface area (Å²) < 4.78 is 0. The number of aliphatic hydroxyl groups excluding tert-OH is 1. The number of rotatable bonds is 5. The van der Waals surface area contributed by atoms with Crippen molar-refractivity contribution < 1.29 is 5.11 Å². The molecule has 0 radical (unpaired) electrons. The maximum Gasteiger partial charge on any atom is 0.0931 e. The van der Waals surface area contributed by atoms with E-state index in [4.69, 9.17) is 0 Å². The molecule has 0 saturated heterocycles. The molecule has 15 heavy (non-hydrogen) atoms. The quantitative estimate of drug-likeness (QED) is 0.781. The van der Waals surface area contributed by atoms with Gasteiger partial charge in [0.05, 0.1) is 11.8 Å². The first-order valence-corrected chi connectivity index (χ1v) is 6.35. The molecule has 1 aromatic rings. The van der Waals surface area contributed by atoms with Crippen molar-refractivity contribution in [2.24, 2.45) is 5.92 Å². The molecule has 1 aromatic heterocycles. The maximum absolute atomic E-state index is 9.29. The van der Waals surface area contributed by atoms with Gasteiger partial charge in [0.1, 0.15) is 0 Å². The van der Waals surface area contributed by atoms with Gasteiger partial charge in [-0.2, -0.15) is 0 Å². The number of pyridine rings is 1. The Labute approximate surface area is 96.1 Å². The van der Waals surface area contributed by atoms with Crippen LogP contribution in [0.2, 0.25) is 0 Å². The second kappa shape index (κ2) is 6.13. The van der Waals surface area contributed by atoms with Gasteiger partial charge in [0.25, 0.3) is 0 Å². The summed E-state index contributed by atoms with van der Waals surface area (Å²) in [6.45, 7) is 6.19. The smallest absolute Gasteiger partial charge is 0.0931 e. The van der Waals surface area contributed by atoms with E-state index >= 15 is 0 Å². The lowest BCUT2D eigenvalue weighted by Crippen LogP contribution is -1.95. The van der Waals surface area contributed by atoms with Gasteiger partial charge in [-0.1, -0.05) is 13.8 Å². The first-order valence-electron chi connectivity index (χ1n) is 5.36. The van der Waals surface area contributed by atoms with Gasteiger partial charge < -0.3 is 5.11 Å². The van der Waals surface area contributed by atoms with Crippen molar-refractivity contribution in [3.63, 3.8) is 0 Å². The topological polar surface area (TPSA) is 33.1 Å². The summed E-state index contributed by atoms with van der Waals surface area (Å²) in [4.78, 5) is 5.39. The van der Waals surface area contributed by atoms with E-state index in [0.717, 1.165) is 17.4 Å². The van der Waals surface area contributed by atoms with Crippen molar-refractivity contribution in [2.75, 3.05) is 5.75 Å². The predicted octanol–water partition coefficient (Wildman–Crippen LogP) is 3.27. The third-order valence-electron chi connectivity index (χ3n) is 2.15. The average molecular weight is 225 g/mol. The fourth-order valence-corrected chi connectivity index (χ4v) is 2.25. The Kier molecular flexibility index (Phi) is 5.12. The molecular weight excluding hydrogens is 206 g/mol. The van der Waals surface area contributed by atoms with Crippen LogP contribution in [-0.2, 0) is 0 Å². The predicted molar refractivity (Wildman–Crippen MR) is 65.0 cm³/mol. The first kappa shape index (κ1) is 12.5. The monoisotopic (exact) mass is 225 g/mol. The Morgan fingerprint density at radius 1 is 1.33 bits per heavy atom. The molecule has 2 nitrogen and oxygen atoms in total. The second-order valence-corrected chi connectivity index (χ2v) is 5.29. The summed E-state index contributed by atoms with van der Waals surface area (Å²) >= 11 is 1.83. The number of hydrogen-bond acceptors (Lipinski definition) is 3. The Bertz CT molecular complexity index is 282. The highest BCUT2D eigenvalue weighted by Gasteiger charge is 2.02. The Balaban J connectivity index is 2.43. The zero-order valence-electron chi connectivity index (χ0n) is 9.60. The molecule has 1 N–H and O–H groups in total. The van der Waals surface area contributed by atoms with E-state index in [9.17, 15) is 5.11 Å². The molecule has 0 bridgehead atoms. The normalized spacial score (nSPS) is 13.1. The number of hydrogen-bond donors (Lipinski definition) is 1. The molecule has 0 saturated carbocycles. The van der Waals surface area contributed by atoms with Crippen LogP contribution >= 0.6 is 11.8 Å². The molecule has 3 heteroatoms. The van der Waals surface area contributed by atoms with E-state index in [-0.39, 0.29) is 0 Å². The number of thioether (sulfide) groups is 1. The van der Waals surface area contributed by atoms with Gasteiger partial charge in [0.2, 0.25) is 0 Å². The van der Waals surface area contributed by atoms with Crippen LogP contribution in [0.5, 0.6) is 0 Å². The molecule has 1 heterocycles. The fraction of sp³-hybridized carbons (Fsp3) is 0.583. The maximum atomic E-state index is 9.29. The molecule has 0 aliphatic rings. The van der Waals surface area contributed by atoms with E-state index in [1.54, 1.807) is 6.92 Å². The minimum Gasteiger partial charge on any atom is -0.387 e. The lowest BCUT2D eigenvalue weighted by atomic mass is 10.2. The van der Waals surface area contributed by atoms with E-state index in [0.29, 0.717) is 0 Å². The lowest BCUT2D eigenvalue weighted by molar-refractivity contribution is 0.194. The number of nitrogens with zero attached hydrogens (tertiary/aromatic N) is 1. The lowest BCUT2D eigenvalue weighted by Gasteiger charge is -2.06. The largest absolute Gasteiger partial charge is 0.387 e. The summed E-state index contributed by atoms with van der Waals surface area (Å²) in [6, 6.07) is 3.92. The minimum absolute atomic E-state index is 0.472. The highest BCUT2D eigenvalue weighted by molar-refractivity contribution is 7.99. The van der Waals surface area contributed by atoms with Gasteiger partial charge in [-0.25, -0.2) is 0 Å². The van der Waals surface area contributed by atoms with Crippen molar-refractivity contribution >= 4 is 11.8 Å². The Morgan fingerprint density at radius 3 is 2.53 bits per heavy atom. The molecule has 0 aromatic carbocycles. The molecule has 0 unspecified atom stereocenters. The standard InChI is InChI=1S/C12H19NOS/c1-9(2)6-7-15-11-4-5-12(10(3)14)13-8-11/h4-5,8-10,14H,6-7H2,1-3H3/t10-/m1/s1. The van der Waals surface area contributed by atoms with Crippen molar-refractivity contribution in [3.8, 4) is 0 Å². The molecular formula is C12H19NOS. The van der Waals surface area contributed by atoms with Crippen LogP contribution in [0.25, 0.3) is 0 Å². The van der Waals surface area contributed by atoms with E-state index < -0.39 is 6.10 Å².